The van der Waals surface area contributed by atoms with Crippen LogP contribution in [-0.2, 0) is 22.7 Å². The zero-order valence-electron chi connectivity index (χ0n) is 23.2. The number of aryl methyl sites for hydroxylation is 2. The summed E-state index contributed by atoms with van der Waals surface area (Å²) >= 11 is 0. The van der Waals surface area contributed by atoms with Crippen LogP contribution in [0.1, 0.15) is 56.6 Å². The number of nitrogens with one attached hydrogen (secondary N) is 1. The number of amides is 2. The van der Waals surface area contributed by atoms with Gasteiger partial charge in [-0.2, -0.15) is 0 Å². The van der Waals surface area contributed by atoms with Crippen molar-refractivity contribution in [3.05, 3.63) is 71.1 Å². The minimum atomic E-state index is -0.102. The van der Waals surface area contributed by atoms with E-state index >= 15 is 0 Å². The molecule has 8 heteroatoms. The lowest BCUT2D eigenvalue weighted by Gasteiger charge is -2.32. The molecule has 4 rings (SSSR count). The topological polar surface area (TPSA) is 81.9 Å². The second-order valence-corrected chi connectivity index (χ2v) is 10.5. The van der Waals surface area contributed by atoms with Crippen LogP contribution >= 0.6 is 0 Å². The molecule has 0 saturated heterocycles. The van der Waals surface area contributed by atoms with E-state index in [1.54, 1.807) is 18.3 Å². The van der Waals surface area contributed by atoms with Crippen molar-refractivity contribution in [1.82, 2.24) is 20.3 Å². The van der Waals surface area contributed by atoms with Gasteiger partial charge in [0, 0.05) is 37.9 Å². The lowest BCUT2D eigenvalue weighted by molar-refractivity contribution is -0.145. The number of likely N-dealkylation sites (N-methyl/N-ethyl adjacent to an activating group) is 1. The van der Waals surface area contributed by atoms with Crippen LogP contribution in [0.5, 0.6) is 0 Å². The van der Waals surface area contributed by atoms with E-state index in [-0.39, 0.29) is 32.3 Å². The molecule has 2 amide bonds. The third-order valence-corrected chi connectivity index (χ3v) is 6.97. The number of carbonyl (C=O) groups is 2. The van der Waals surface area contributed by atoms with Crippen LogP contribution in [0.15, 0.2) is 53.1 Å². The molecule has 8 nitrogen and oxygen atoms in total. The van der Waals surface area contributed by atoms with Gasteiger partial charge in [0.1, 0.15) is 5.76 Å². The fraction of sp³-hybridized carbons (Fsp3) is 0.452. The Morgan fingerprint density at radius 3 is 2.38 bits per heavy atom. The van der Waals surface area contributed by atoms with E-state index in [9.17, 15) is 9.59 Å². The molecular formula is C31H43N5O3. The van der Waals surface area contributed by atoms with Gasteiger partial charge in [0.05, 0.1) is 19.3 Å². The Balaban J connectivity index is 0.00000420. The maximum absolute atomic E-state index is 13.5. The van der Waals surface area contributed by atoms with Gasteiger partial charge in [-0.15, -0.1) is 0 Å². The van der Waals surface area contributed by atoms with Gasteiger partial charge in [0.2, 0.25) is 11.8 Å². The highest BCUT2D eigenvalue weighted by molar-refractivity contribution is 5.87. The second-order valence-electron chi connectivity index (χ2n) is 10.5. The Labute approximate surface area is 233 Å². The predicted molar refractivity (Wildman–Crippen MR) is 156 cm³/mol. The van der Waals surface area contributed by atoms with E-state index in [1.807, 2.05) is 54.1 Å². The van der Waals surface area contributed by atoms with Crippen molar-refractivity contribution in [2.75, 3.05) is 31.6 Å². The Kier molecular flexibility index (Phi) is 10.3. The Morgan fingerprint density at radius 2 is 1.77 bits per heavy atom. The summed E-state index contributed by atoms with van der Waals surface area (Å²) in [6.45, 7) is 10.3. The summed E-state index contributed by atoms with van der Waals surface area (Å²) in [6, 6.07) is 14.1. The number of oxazole rings is 1. The Morgan fingerprint density at radius 1 is 1.08 bits per heavy atom. The number of hydrogen-bond donors (Lipinski definition) is 1. The first-order valence-electron chi connectivity index (χ1n) is 13.3. The molecule has 39 heavy (non-hydrogen) atoms. The summed E-state index contributed by atoms with van der Waals surface area (Å²) in [5, 5.41) is 6.75. The molecule has 0 radical (unpaired) electrons. The number of nitrogens with zero attached hydrogens (tertiary/aromatic N) is 4. The highest BCUT2D eigenvalue weighted by Gasteiger charge is 2.27. The summed E-state index contributed by atoms with van der Waals surface area (Å²) in [5.41, 5.74) is 5.04. The largest absolute Gasteiger partial charge is 0.441 e. The quantitative estimate of drug-likeness (QED) is 0.335. The van der Waals surface area contributed by atoms with Gasteiger partial charge >= 0.3 is 0 Å². The van der Waals surface area contributed by atoms with E-state index in [0.717, 1.165) is 35.4 Å². The maximum atomic E-state index is 13.5. The molecule has 210 valence electrons. The van der Waals surface area contributed by atoms with Crippen molar-refractivity contribution in [3.8, 4) is 11.5 Å². The first kappa shape index (κ1) is 29.9. The second kappa shape index (κ2) is 13.4. The number of carbonyl (C=O) groups excluding carboxylic acids is 2. The molecular weight excluding hydrogens is 490 g/mol. The van der Waals surface area contributed by atoms with Crippen molar-refractivity contribution in [3.63, 3.8) is 0 Å². The van der Waals surface area contributed by atoms with Crippen molar-refractivity contribution in [2.24, 2.45) is 5.92 Å². The van der Waals surface area contributed by atoms with Crippen LogP contribution in [0.2, 0.25) is 0 Å². The maximum Gasteiger partial charge on any atom is 0.256 e. The molecule has 3 aromatic rings. The minimum absolute atomic E-state index is 0. The smallest absolute Gasteiger partial charge is 0.256 e. The third kappa shape index (κ3) is 7.69. The fourth-order valence-electron chi connectivity index (χ4n) is 4.72. The zero-order chi connectivity index (χ0) is 27.2. The first-order valence-corrected chi connectivity index (χ1v) is 13.3. The number of anilines is 1. The highest BCUT2D eigenvalue weighted by atomic mass is 16.4. The molecule has 0 unspecified atom stereocenters. The van der Waals surface area contributed by atoms with E-state index in [4.69, 9.17) is 4.42 Å². The fourth-order valence-corrected chi connectivity index (χ4v) is 4.72. The molecule has 1 aliphatic heterocycles. The summed E-state index contributed by atoms with van der Waals surface area (Å²) in [5.74, 6) is 1.65. The van der Waals surface area contributed by atoms with Crippen molar-refractivity contribution >= 4 is 17.5 Å². The van der Waals surface area contributed by atoms with E-state index in [2.05, 4.69) is 36.3 Å². The van der Waals surface area contributed by atoms with Crippen LogP contribution in [0.4, 0.5) is 5.69 Å². The van der Waals surface area contributed by atoms with Crippen LogP contribution in [0, 0.1) is 19.8 Å². The molecule has 2 heterocycles. The lowest BCUT2D eigenvalue weighted by Crippen LogP contribution is -2.48. The highest BCUT2D eigenvalue weighted by Crippen LogP contribution is 2.29. The van der Waals surface area contributed by atoms with E-state index in [0.29, 0.717) is 31.4 Å². The van der Waals surface area contributed by atoms with Crippen molar-refractivity contribution < 1.29 is 14.0 Å². The van der Waals surface area contributed by atoms with Crippen molar-refractivity contribution in [2.45, 2.75) is 61.1 Å². The van der Waals surface area contributed by atoms with Gasteiger partial charge < -0.3 is 14.6 Å². The van der Waals surface area contributed by atoms with Crippen LogP contribution < -0.4 is 10.2 Å². The van der Waals surface area contributed by atoms with Gasteiger partial charge in [-0.25, -0.2) is 9.99 Å². The molecule has 0 saturated carbocycles. The average Bonchev–Trinajstić information content (AvgIpc) is 3.52. The summed E-state index contributed by atoms with van der Waals surface area (Å²) in [4.78, 5) is 32.7. The summed E-state index contributed by atoms with van der Waals surface area (Å²) in [7, 11) is 1.80. The molecule has 0 spiro atoms. The minimum Gasteiger partial charge on any atom is -0.441 e. The molecule has 1 aliphatic rings. The van der Waals surface area contributed by atoms with E-state index in [1.165, 1.54) is 11.1 Å². The molecule has 2 aromatic carbocycles. The van der Waals surface area contributed by atoms with Crippen molar-refractivity contribution in [1.29, 1.82) is 0 Å². The summed E-state index contributed by atoms with van der Waals surface area (Å²) in [6.07, 6.45) is 3.67. The Hall–Kier alpha value is -3.65. The number of fused-ring (bicyclic) bond motifs is 1. The van der Waals surface area contributed by atoms with Gasteiger partial charge in [-0.3, -0.25) is 14.6 Å². The normalized spacial score (nSPS) is 12.7. The SMILES string of the molecule is C.Cc1cnc(-c2ccc(C)c(N(CC(=O)NCCCC(C)C)CC(=O)N(C)N3Cc4ccccc4C3)c2)o1. The zero-order valence-corrected chi connectivity index (χ0v) is 23.2. The van der Waals surface area contributed by atoms with Crippen LogP contribution in [-0.4, -0.2) is 53.5 Å². The number of hydrogen-bond acceptors (Lipinski definition) is 6. The standard InChI is InChI=1S/C30H39N5O3.CH4/c1-21(2)9-8-14-31-28(36)19-34(27-15-24(13-12-22(27)3)30-32-16-23(4)38-30)20-29(37)33(5)35-17-25-10-6-7-11-26(25)18-35;/h6-7,10-13,15-16,21H,8-9,14,17-20H2,1-5H3,(H,31,36);1H4. The van der Waals surface area contributed by atoms with Gasteiger partial charge in [0.15, 0.2) is 0 Å². The molecule has 0 aliphatic carbocycles. The number of benzene rings is 2. The van der Waals surface area contributed by atoms with Gasteiger partial charge in [-0.05, 0) is 61.4 Å². The molecule has 1 aromatic heterocycles. The van der Waals surface area contributed by atoms with Crippen LogP contribution in [0.25, 0.3) is 11.5 Å². The molecule has 1 N–H and O–H groups in total. The number of aromatic nitrogens is 1. The Bertz CT molecular complexity index is 1240. The van der Waals surface area contributed by atoms with E-state index < -0.39 is 0 Å². The average molecular weight is 534 g/mol. The predicted octanol–water partition coefficient (Wildman–Crippen LogP) is 5.34. The molecule has 0 fully saturated rings. The monoisotopic (exact) mass is 533 g/mol. The molecule has 0 atom stereocenters. The van der Waals surface area contributed by atoms with Crippen LogP contribution in [0.3, 0.4) is 0 Å². The lowest BCUT2D eigenvalue weighted by atomic mass is 10.1. The van der Waals surface area contributed by atoms with Gasteiger partial charge in [0.25, 0.3) is 5.91 Å². The number of rotatable bonds is 11. The molecule has 0 bridgehead atoms. The number of hydrazine groups is 1. The summed E-state index contributed by atoms with van der Waals surface area (Å²) < 4.78 is 5.74. The first-order chi connectivity index (χ1) is 18.2. The van der Waals surface area contributed by atoms with Gasteiger partial charge in [-0.1, -0.05) is 51.6 Å². The third-order valence-electron chi connectivity index (χ3n) is 6.97.